The summed E-state index contributed by atoms with van der Waals surface area (Å²) in [5.74, 6) is -0.874. The van der Waals surface area contributed by atoms with Crippen molar-refractivity contribution >= 4 is 11.9 Å². The molecule has 0 aliphatic heterocycles. The van der Waals surface area contributed by atoms with E-state index in [9.17, 15) is 19.8 Å². The van der Waals surface area contributed by atoms with Gasteiger partial charge in [0.15, 0.2) is 0 Å². The molecule has 1 aliphatic carbocycles. The highest BCUT2D eigenvalue weighted by molar-refractivity contribution is 5.74. The Morgan fingerprint density at radius 3 is 1.40 bits per heavy atom. The van der Waals surface area contributed by atoms with Crippen molar-refractivity contribution in [1.29, 1.82) is 0 Å². The molecule has 0 saturated heterocycles. The highest BCUT2D eigenvalue weighted by Crippen LogP contribution is 2.43. The normalized spacial score (nSPS) is 24.4. The Hall–Kier alpha value is -1.06. The Morgan fingerprint density at radius 2 is 1.15 bits per heavy atom. The third-order valence-electron chi connectivity index (χ3n) is 4.77. The maximum atomic E-state index is 11.3. The molecule has 2 unspecified atom stereocenters. The molecule has 0 aromatic rings. The van der Waals surface area contributed by atoms with Gasteiger partial charge in [-0.05, 0) is 52.4 Å². The zero-order valence-corrected chi connectivity index (χ0v) is 13.1. The van der Waals surface area contributed by atoms with Crippen LogP contribution < -0.4 is 0 Å². The van der Waals surface area contributed by atoms with Crippen molar-refractivity contribution in [3.8, 4) is 0 Å². The third kappa shape index (κ3) is 4.22. The van der Waals surface area contributed by atoms with E-state index in [2.05, 4.69) is 0 Å². The van der Waals surface area contributed by atoms with Crippen LogP contribution in [0.15, 0.2) is 0 Å². The summed E-state index contributed by atoms with van der Waals surface area (Å²) >= 11 is 0. The Labute approximate surface area is 121 Å². The maximum Gasteiger partial charge on any atom is 0.309 e. The van der Waals surface area contributed by atoms with Gasteiger partial charge in [0.2, 0.25) is 0 Å². The van der Waals surface area contributed by atoms with E-state index in [4.69, 9.17) is 0 Å². The quantitative estimate of drug-likeness (QED) is 0.778. The lowest BCUT2D eigenvalue weighted by molar-refractivity contribution is -0.150. The number of aliphatic carboxylic acids is 2. The first-order chi connectivity index (χ1) is 9.06. The topological polar surface area (TPSA) is 74.6 Å². The molecule has 0 radical (unpaired) electrons. The van der Waals surface area contributed by atoms with Crippen molar-refractivity contribution in [3.63, 3.8) is 0 Å². The van der Waals surface area contributed by atoms with Gasteiger partial charge in [-0.15, -0.1) is 0 Å². The second kappa shape index (κ2) is 6.15. The van der Waals surface area contributed by atoms with Gasteiger partial charge < -0.3 is 10.2 Å². The van der Waals surface area contributed by atoms with Crippen LogP contribution in [0.3, 0.4) is 0 Å². The summed E-state index contributed by atoms with van der Waals surface area (Å²) in [5, 5.41) is 18.6. The molecule has 4 heteroatoms. The van der Waals surface area contributed by atoms with Crippen LogP contribution in [0, 0.1) is 22.7 Å². The van der Waals surface area contributed by atoms with Gasteiger partial charge in [0.05, 0.1) is 10.8 Å². The first-order valence-corrected chi connectivity index (χ1v) is 7.53. The van der Waals surface area contributed by atoms with Crippen LogP contribution in [0.1, 0.15) is 66.2 Å². The molecule has 1 aliphatic rings. The van der Waals surface area contributed by atoms with Crippen LogP contribution in [0.25, 0.3) is 0 Å². The predicted octanol–water partition coefficient (Wildman–Crippen LogP) is 3.79. The van der Waals surface area contributed by atoms with Gasteiger partial charge in [0.1, 0.15) is 0 Å². The van der Waals surface area contributed by atoms with Crippen LogP contribution in [0.5, 0.6) is 0 Å². The first-order valence-electron chi connectivity index (χ1n) is 7.53. The summed E-state index contributed by atoms with van der Waals surface area (Å²) in [5.41, 5.74) is -1.46. The molecule has 1 saturated carbocycles. The number of carbonyl (C=O) groups is 2. The molecular formula is C16H28O4. The molecule has 20 heavy (non-hydrogen) atoms. The van der Waals surface area contributed by atoms with Crippen LogP contribution >= 0.6 is 0 Å². The summed E-state index contributed by atoms with van der Waals surface area (Å²) < 4.78 is 0. The summed E-state index contributed by atoms with van der Waals surface area (Å²) in [6, 6.07) is 0. The molecule has 4 nitrogen and oxygen atoms in total. The number of carboxylic acid groups (broad SMARTS) is 2. The van der Waals surface area contributed by atoms with E-state index in [0.717, 1.165) is 25.7 Å². The van der Waals surface area contributed by atoms with Crippen LogP contribution in [0.4, 0.5) is 0 Å². The fourth-order valence-corrected chi connectivity index (χ4v) is 3.31. The molecule has 2 atom stereocenters. The smallest absolute Gasteiger partial charge is 0.309 e. The molecule has 0 aromatic heterocycles. The summed E-state index contributed by atoms with van der Waals surface area (Å²) in [6.45, 7) is 7.07. The van der Waals surface area contributed by atoms with Crippen LogP contribution in [-0.4, -0.2) is 22.2 Å². The number of rotatable bonds is 6. The van der Waals surface area contributed by atoms with Crippen molar-refractivity contribution in [3.05, 3.63) is 0 Å². The van der Waals surface area contributed by atoms with Crippen LogP contribution in [0.2, 0.25) is 0 Å². The van der Waals surface area contributed by atoms with E-state index < -0.39 is 22.8 Å². The monoisotopic (exact) mass is 284 g/mol. The second-order valence-electron chi connectivity index (χ2n) is 7.59. The fourth-order valence-electron chi connectivity index (χ4n) is 3.31. The molecule has 0 amide bonds. The van der Waals surface area contributed by atoms with Gasteiger partial charge in [0.25, 0.3) is 0 Å². The minimum absolute atomic E-state index is 0.327. The summed E-state index contributed by atoms with van der Waals surface area (Å²) in [7, 11) is 0. The van der Waals surface area contributed by atoms with Crippen molar-refractivity contribution < 1.29 is 19.8 Å². The molecule has 0 aromatic carbocycles. The molecular weight excluding hydrogens is 256 g/mol. The highest BCUT2D eigenvalue weighted by atomic mass is 16.4. The van der Waals surface area contributed by atoms with Crippen molar-refractivity contribution in [2.75, 3.05) is 0 Å². The number of carboxylic acids is 2. The Kier molecular flexibility index (Phi) is 5.22. The van der Waals surface area contributed by atoms with Gasteiger partial charge in [0, 0.05) is 0 Å². The second-order valence-corrected chi connectivity index (χ2v) is 7.59. The average molecular weight is 284 g/mol. The predicted molar refractivity (Wildman–Crippen MR) is 77.5 cm³/mol. The van der Waals surface area contributed by atoms with Crippen LogP contribution in [-0.2, 0) is 9.59 Å². The summed E-state index contributed by atoms with van der Waals surface area (Å²) in [4.78, 5) is 22.6. The van der Waals surface area contributed by atoms with Gasteiger partial charge in [-0.25, -0.2) is 0 Å². The Balaban J connectivity index is 2.77. The Bertz CT molecular complexity index is 335. The molecule has 2 N–H and O–H groups in total. The average Bonchev–Trinajstić information content (AvgIpc) is 2.30. The lowest BCUT2D eigenvalue weighted by Gasteiger charge is -2.38. The minimum Gasteiger partial charge on any atom is -0.481 e. The standard InChI is InChI=1S/C16H28O4/c1-15(2,13(17)18)9-11-7-5-6-8-12(11)10-16(3,4)14(19)20/h11-12H,5-10H2,1-4H3,(H,17,18)(H,19,20). The highest BCUT2D eigenvalue weighted by Gasteiger charge is 2.39. The number of hydrogen-bond acceptors (Lipinski definition) is 2. The van der Waals surface area contributed by atoms with Gasteiger partial charge in [-0.3, -0.25) is 9.59 Å². The molecule has 0 heterocycles. The maximum absolute atomic E-state index is 11.3. The zero-order valence-electron chi connectivity index (χ0n) is 13.1. The van der Waals surface area contributed by atoms with E-state index >= 15 is 0 Å². The molecule has 0 bridgehead atoms. The van der Waals surface area contributed by atoms with Gasteiger partial charge in [-0.1, -0.05) is 25.7 Å². The van der Waals surface area contributed by atoms with Crippen molar-refractivity contribution in [1.82, 2.24) is 0 Å². The van der Waals surface area contributed by atoms with Gasteiger partial charge in [-0.2, -0.15) is 0 Å². The van der Waals surface area contributed by atoms with E-state index in [1.807, 2.05) is 0 Å². The Morgan fingerprint density at radius 1 is 0.850 bits per heavy atom. The van der Waals surface area contributed by atoms with Crippen molar-refractivity contribution in [2.45, 2.75) is 66.2 Å². The van der Waals surface area contributed by atoms with E-state index in [-0.39, 0.29) is 0 Å². The number of hydrogen-bond donors (Lipinski definition) is 2. The minimum atomic E-state index is -0.765. The molecule has 116 valence electrons. The van der Waals surface area contributed by atoms with E-state index in [1.54, 1.807) is 27.7 Å². The SMILES string of the molecule is CC(C)(CC1CCCCC1CC(C)(C)C(=O)O)C(=O)O. The van der Waals surface area contributed by atoms with Crippen molar-refractivity contribution in [2.24, 2.45) is 22.7 Å². The largest absolute Gasteiger partial charge is 0.481 e. The fraction of sp³-hybridized carbons (Fsp3) is 0.875. The van der Waals surface area contributed by atoms with Gasteiger partial charge >= 0.3 is 11.9 Å². The molecule has 1 fully saturated rings. The lowest BCUT2D eigenvalue weighted by Crippen LogP contribution is -2.35. The molecule has 0 spiro atoms. The first kappa shape index (κ1) is 17.0. The summed E-state index contributed by atoms with van der Waals surface area (Å²) in [6.07, 6.45) is 5.59. The lowest BCUT2D eigenvalue weighted by atomic mass is 9.66. The van der Waals surface area contributed by atoms with E-state index in [1.165, 1.54) is 0 Å². The molecule has 1 rings (SSSR count). The third-order valence-corrected chi connectivity index (χ3v) is 4.77. The van der Waals surface area contributed by atoms with E-state index in [0.29, 0.717) is 24.7 Å². The zero-order chi connectivity index (χ0) is 15.6.